The Kier molecular flexibility index (Phi) is 6.72. The Morgan fingerprint density at radius 3 is 2.57 bits per heavy atom. The van der Waals surface area contributed by atoms with Crippen molar-refractivity contribution in [3.63, 3.8) is 0 Å². The molecule has 0 bridgehead atoms. The first-order valence-electron chi connectivity index (χ1n) is 7.05. The van der Waals surface area contributed by atoms with Crippen molar-refractivity contribution in [3.8, 4) is 11.5 Å². The quantitative estimate of drug-likeness (QED) is 0.748. The lowest BCUT2D eigenvalue weighted by Gasteiger charge is -2.17. The number of benzene rings is 1. The molecule has 0 aliphatic heterocycles. The van der Waals surface area contributed by atoms with Gasteiger partial charge in [0, 0.05) is 12.1 Å². The second-order valence-corrected chi connectivity index (χ2v) is 5.26. The van der Waals surface area contributed by atoms with Gasteiger partial charge in [0.2, 0.25) is 0 Å². The zero-order valence-corrected chi connectivity index (χ0v) is 13.0. The summed E-state index contributed by atoms with van der Waals surface area (Å²) in [5.74, 6) is 1.24. The third kappa shape index (κ3) is 5.45. The van der Waals surface area contributed by atoms with E-state index in [9.17, 15) is 9.59 Å². The summed E-state index contributed by atoms with van der Waals surface area (Å²) in [5, 5.41) is 2.83. The lowest BCUT2D eigenvalue weighted by Crippen LogP contribution is -2.37. The van der Waals surface area contributed by atoms with Gasteiger partial charge >= 0.3 is 0 Å². The van der Waals surface area contributed by atoms with E-state index in [-0.39, 0.29) is 5.91 Å². The first-order chi connectivity index (χ1) is 9.97. The largest absolute Gasteiger partial charge is 0.493 e. The third-order valence-electron chi connectivity index (χ3n) is 3.02. The van der Waals surface area contributed by atoms with Gasteiger partial charge in [-0.1, -0.05) is 13.8 Å². The second-order valence-electron chi connectivity index (χ2n) is 5.26. The van der Waals surface area contributed by atoms with E-state index in [0.717, 1.165) is 12.7 Å². The maximum atomic E-state index is 11.9. The molecule has 0 spiro atoms. The number of amides is 1. The number of hydrogen-bond donors (Lipinski definition) is 1. The minimum atomic E-state index is -0.631. The average Bonchev–Trinajstić information content (AvgIpc) is 2.46. The number of nitrogens with one attached hydrogen (secondary N) is 1. The highest BCUT2D eigenvalue weighted by Crippen LogP contribution is 2.28. The molecule has 116 valence electrons. The van der Waals surface area contributed by atoms with Gasteiger partial charge in [-0.05, 0) is 37.5 Å². The number of aldehydes is 1. The first-order valence-corrected chi connectivity index (χ1v) is 7.05. The molecule has 5 heteroatoms. The highest BCUT2D eigenvalue weighted by molar-refractivity contribution is 5.81. The SMILES string of the molecule is COc1cc(C=O)ccc1OC(C)C(=O)NCCC(C)C. The summed E-state index contributed by atoms with van der Waals surface area (Å²) in [6.07, 6.45) is 1.03. The fourth-order valence-electron chi connectivity index (χ4n) is 1.73. The van der Waals surface area contributed by atoms with Crippen molar-refractivity contribution >= 4 is 12.2 Å². The Morgan fingerprint density at radius 1 is 1.29 bits per heavy atom. The fourth-order valence-corrected chi connectivity index (χ4v) is 1.73. The maximum Gasteiger partial charge on any atom is 0.260 e. The van der Waals surface area contributed by atoms with Crippen molar-refractivity contribution in [2.45, 2.75) is 33.3 Å². The summed E-state index contributed by atoms with van der Waals surface area (Å²) in [6.45, 7) is 6.51. The van der Waals surface area contributed by atoms with E-state index in [4.69, 9.17) is 9.47 Å². The molecule has 1 unspecified atom stereocenters. The predicted molar refractivity (Wildman–Crippen MR) is 80.9 cm³/mol. The molecule has 1 amide bonds. The summed E-state index contributed by atoms with van der Waals surface area (Å²) >= 11 is 0. The molecular formula is C16H23NO4. The maximum absolute atomic E-state index is 11.9. The average molecular weight is 293 g/mol. The molecule has 0 aromatic heterocycles. The lowest BCUT2D eigenvalue weighted by molar-refractivity contribution is -0.127. The van der Waals surface area contributed by atoms with Crippen LogP contribution in [0.4, 0.5) is 0 Å². The van der Waals surface area contributed by atoms with Crippen LogP contribution in [0.15, 0.2) is 18.2 Å². The summed E-state index contributed by atoms with van der Waals surface area (Å²) in [6, 6.07) is 4.82. The van der Waals surface area contributed by atoms with Crippen molar-refractivity contribution in [2.24, 2.45) is 5.92 Å². The molecular weight excluding hydrogens is 270 g/mol. The Hall–Kier alpha value is -2.04. The van der Waals surface area contributed by atoms with Crippen LogP contribution in [0.2, 0.25) is 0 Å². The molecule has 21 heavy (non-hydrogen) atoms. The van der Waals surface area contributed by atoms with Gasteiger partial charge in [0.1, 0.15) is 6.29 Å². The van der Waals surface area contributed by atoms with Crippen LogP contribution in [0.3, 0.4) is 0 Å². The summed E-state index contributed by atoms with van der Waals surface area (Å²) in [4.78, 5) is 22.6. The molecule has 0 saturated heterocycles. The van der Waals surface area contributed by atoms with Crippen LogP contribution >= 0.6 is 0 Å². The Morgan fingerprint density at radius 2 is 2.00 bits per heavy atom. The van der Waals surface area contributed by atoms with Gasteiger partial charge in [-0.15, -0.1) is 0 Å². The Balaban J connectivity index is 2.63. The Bertz CT molecular complexity index is 485. The predicted octanol–water partition coefficient (Wildman–Crippen LogP) is 2.44. The molecule has 1 rings (SSSR count). The van der Waals surface area contributed by atoms with Gasteiger partial charge in [0.25, 0.3) is 5.91 Å². The molecule has 1 atom stereocenters. The van der Waals surface area contributed by atoms with E-state index in [1.807, 2.05) is 0 Å². The van der Waals surface area contributed by atoms with Crippen molar-refractivity contribution in [1.82, 2.24) is 5.32 Å². The molecule has 0 aliphatic carbocycles. The van der Waals surface area contributed by atoms with Crippen molar-refractivity contribution in [3.05, 3.63) is 23.8 Å². The third-order valence-corrected chi connectivity index (χ3v) is 3.02. The van der Waals surface area contributed by atoms with Crippen molar-refractivity contribution < 1.29 is 19.1 Å². The van der Waals surface area contributed by atoms with Crippen molar-refractivity contribution in [1.29, 1.82) is 0 Å². The first kappa shape index (κ1) is 17.0. The van der Waals surface area contributed by atoms with E-state index in [1.165, 1.54) is 7.11 Å². The summed E-state index contributed by atoms with van der Waals surface area (Å²) in [7, 11) is 1.49. The van der Waals surface area contributed by atoms with Crippen molar-refractivity contribution in [2.75, 3.05) is 13.7 Å². The van der Waals surface area contributed by atoms with E-state index in [0.29, 0.717) is 29.5 Å². The number of methoxy groups -OCH3 is 1. The minimum absolute atomic E-state index is 0.169. The van der Waals surface area contributed by atoms with Gasteiger partial charge in [-0.25, -0.2) is 0 Å². The van der Waals surface area contributed by atoms with Crippen LogP contribution < -0.4 is 14.8 Å². The van der Waals surface area contributed by atoms with Crippen LogP contribution in [-0.4, -0.2) is 32.0 Å². The monoisotopic (exact) mass is 293 g/mol. The van der Waals surface area contributed by atoms with E-state index in [1.54, 1.807) is 25.1 Å². The van der Waals surface area contributed by atoms with Crippen LogP contribution in [0.25, 0.3) is 0 Å². The summed E-state index contributed by atoms with van der Waals surface area (Å²) in [5.41, 5.74) is 0.494. The van der Waals surface area contributed by atoms with E-state index in [2.05, 4.69) is 19.2 Å². The number of rotatable bonds is 8. The number of carbonyl (C=O) groups is 2. The van der Waals surface area contributed by atoms with E-state index >= 15 is 0 Å². The Labute approximate surface area is 125 Å². The molecule has 1 N–H and O–H groups in total. The van der Waals surface area contributed by atoms with Crippen LogP contribution in [0.5, 0.6) is 11.5 Å². The molecule has 0 heterocycles. The van der Waals surface area contributed by atoms with Gasteiger partial charge in [0.15, 0.2) is 17.6 Å². The fraction of sp³-hybridized carbons (Fsp3) is 0.500. The second kappa shape index (κ2) is 8.29. The molecule has 5 nitrogen and oxygen atoms in total. The van der Waals surface area contributed by atoms with Crippen LogP contribution in [0, 0.1) is 5.92 Å². The van der Waals surface area contributed by atoms with E-state index < -0.39 is 6.10 Å². The highest BCUT2D eigenvalue weighted by Gasteiger charge is 2.16. The molecule has 0 saturated carbocycles. The number of carbonyl (C=O) groups excluding carboxylic acids is 2. The molecule has 0 fully saturated rings. The summed E-state index contributed by atoms with van der Waals surface area (Å²) < 4.78 is 10.8. The standard InChI is InChI=1S/C16H23NO4/c1-11(2)7-8-17-16(19)12(3)21-14-6-5-13(10-18)9-15(14)20-4/h5-6,9-12H,7-8H2,1-4H3,(H,17,19). The zero-order chi connectivity index (χ0) is 15.8. The number of ether oxygens (including phenoxy) is 2. The van der Waals surface area contributed by atoms with Gasteiger partial charge < -0.3 is 14.8 Å². The minimum Gasteiger partial charge on any atom is -0.493 e. The van der Waals surface area contributed by atoms with Gasteiger partial charge in [-0.3, -0.25) is 9.59 Å². The molecule has 1 aromatic carbocycles. The van der Waals surface area contributed by atoms with Gasteiger partial charge in [-0.2, -0.15) is 0 Å². The van der Waals surface area contributed by atoms with Gasteiger partial charge in [0.05, 0.1) is 7.11 Å². The highest BCUT2D eigenvalue weighted by atomic mass is 16.5. The number of hydrogen-bond acceptors (Lipinski definition) is 4. The van der Waals surface area contributed by atoms with Crippen LogP contribution in [0.1, 0.15) is 37.6 Å². The van der Waals surface area contributed by atoms with Crippen LogP contribution in [-0.2, 0) is 4.79 Å². The smallest absolute Gasteiger partial charge is 0.260 e. The normalized spacial score (nSPS) is 11.9. The molecule has 0 aliphatic rings. The lowest BCUT2D eigenvalue weighted by atomic mass is 10.1. The molecule has 0 radical (unpaired) electrons. The topological polar surface area (TPSA) is 64.6 Å². The zero-order valence-electron chi connectivity index (χ0n) is 13.0. The molecule has 1 aromatic rings.